The molecule has 8 heteroatoms. The Hall–Kier alpha value is -3.46. The summed E-state index contributed by atoms with van der Waals surface area (Å²) < 4.78 is 42.2. The number of nitrogens with zero attached hydrogens (tertiary/aromatic N) is 2. The van der Waals surface area contributed by atoms with E-state index in [1.807, 2.05) is 0 Å². The quantitative estimate of drug-likeness (QED) is 0.496. The van der Waals surface area contributed by atoms with E-state index in [1.54, 1.807) is 7.11 Å². The summed E-state index contributed by atoms with van der Waals surface area (Å²) >= 11 is 0. The van der Waals surface area contributed by atoms with Gasteiger partial charge in [0.2, 0.25) is 5.69 Å². The summed E-state index contributed by atoms with van der Waals surface area (Å²) in [6.45, 7) is 9.21. The minimum Gasteiger partial charge on any atom is -0.496 e. The molecule has 0 spiro atoms. The molecular weight excluding hydrogens is 552 g/mol. The SMILES string of the molecule is COC1=C(/C=C/C2=[N+](C)c3ccccc3C2(C)C)CC/C1=C/C=C/C=C1/N(C)c2ccccc2C1(C)C.[O-][Cl+3]([O-])([O-])[O-]. The summed E-state index contributed by atoms with van der Waals surface area (Å²) in [7, 11) is 1.17. The molecule has 0 aromatic heterocycles. The minimum atomic E-state index is -4.94. The number of para-hydroxylation sites is 2. The Balaban J connectivity index is 0.000000748. The number of anilines is 1. The Morgan fingerprint density at radius 3 is 2.05 bits per heavy atom. The lowest BCUT2D eigenvalue weighted by atomic mass is 9.81. The summed E-state index contributed by atoms with van der Waals surface area (Å²) in [5, 5.41) is 0. The van der Waals surface area contributed by atoms with Crippen molar-refractivity contribution in [3.05, 3.63) is 119 Å². The Bertz CT molecular complexity index is 1530. The average molecular weight is 591 g/mol. The van der Waals surface area contributed by atoms with E-state index in [0.29, 0.717) is 0 Å². The summed E-state index contributed by atoms with van der Waals surface area (Å²) in [4.78, 5) is 2.31. The van der Waals surface area contributed by atoms with E-state index in [-0.39, 0.29) is 10.8 Å². The van der Waals surface area contributed by atoms with Gasteiger partial charge in [-0.1, -0.05) is 68.5 Å². The van der Waals surface area contributed by atoms with Crippen molar-refractivity contribution in [2.24, 2.45) is 0 Å². The summed E-state index contributed by atoms with van der Waals surface area (Å²) in [5.74, 6) is 1.01. The van der Waals surface area contributed by atoms with E-state index in [1.165, 1.54) is 45.1 Å². The molecule has 0 unspecified atom stereocenters. The van der Waals surface area contributed by atoms with Crippen LogP contribution in [0.25, 0.3) is 0 Å². The van der Waals surface area contributed by atoms with Crippen LogP contribution in [0.2, 0.25) is 0 Å². The van der Waals surface area contributed by atoms with Gasteiger partial charge in [-0.05, 0) is 61.6 Å². The first kappa shape index (κ1) is 31.5. The first-order chi connectivity index (χ1) is 19.7. The zero-order valence-electron chi connectivity index (χ0n) is 25.3. The number of halogens is 1. The van der Waals surface area contributed by atoms with Crippen LogP contribution in [-0.2, 0) is 15.6 Å². The van der Waals surface area contributed by atoms with Crippen molar-refractivity contribution in [1.82, 2.24) is 0 Å². The fourth-order valence-electron chi connectivity index (χ4n) is 6.38. The van der Waals surface area contributed by atoms with Gasteiger partial charge in [0.05, 0.1) is 12.5 Å². The van der Waals surface area contributed by atoms with E-state index in [2.05, 4.69) is 136 Å². The van der Waals surface area contributed by atoms with E-state index in [9.17, 15) is 0 Å². The molecule has 2 aromatic rings. The second-order valence-corrected chi connectivity index (χ2v) is 12.4. The number of hydrogen-bond donors (Lipinski definition) is 0. The number of benzene rings is 2. The standard InChI is InChI=1S/C34H39N2O.ClHO4/c1-33(2)26-15-9-11-17-28(26)35(5)30(33)19-13-8-14-24-20-21-25(32(24)37-7)22-23-31-34(3,4)27-16-10-12-18-29(27)36(31)6;2-1(3,4)5/h8-19,22-23H,20-21H2,1-7H3;(H,2,3,4,5)/q+1;/p-1. The molecule has 0 saturated heterocycles. The van der Waals surface area contributed by atoms with Gasteiger partial charge >= 0.3 is 0 Å². The second-order valence-electron chi connectivity index (χ2n) is 11.7. The van der Waals surface area contributed by atoms with Crippen LogP contribution >= 0.6 is 0 Å². The number of methoxy groups -OCH3 is 1. The lowest BCUT2D eigenvalue weighted by Gasteiger charge is -2.23. The molecule has 1 aliphatic carbocycles. The lowest BCUT2D eigenvalue weighted by Crippen LogP contribution is -2.68. The Kier molecular flexibility index (Phi) is 9.02. The van der Waals surface area contributed by atoms with Crippen molar-refractivity contribution < 1.29 is 38.2 Å². The predicted molar refractivity (Wildman–Crippen MR) is 156 cm³/mol. The third-order valence-electron chi connectivity index (χ3n) is 8.44. The molecule has 2 aromatic carbocycles. The highest BCUT2D eigenvalue weighted by Crippen LogP contribution is 2.46. The lowest BCUT2D eigenvalue weighted by molar-refractivity contribution is -2.00. The van der Waals surface area contributed by atoms with Gasteiger partial charge in [-0.15, -0.1) is 10.2 Å². The van der Waals surface area contributed by atoms with E-state index >= 15 is 0 Å². The summed E-state index contributed by atoms with van der Waals surface area (Å²) in [5.41, 5.74) is 10.4. The van der Waals surface area contributed by atoms with Gasteiger partial charge in [0.25, 0.3) is 0 Å². The van der Waals surface area contributed by atoms with Crippen LogP contribution in [0.5, 0.6) is 0 Å². The van der Waals surface area contributed by atoms with Crippen molar-refractivity contribution in [3.63, 3.8) is 0 Å². The number of fused-ring (bicyclic) bond motifs is 2. The first-order valence-corrected chi connectivity index (χ1v) is 15.1. The molecule has 0 amide bonds. The molecule has 2 heterocycles. The Morgan fingerprint density at radius 2 is 1.43 bits per heavy atom. The van der Waals surface area contributed by atoms with Gasteiger partial charge in [-0.2, -0.15) is 4.58 Å². The van der Waals surface area contributed by atoms with Crippen molar-refractivity contribution in [2.75, 3.05) is 26.1 Å². The van der Waals surface area contributed by atoms with Crippen LogP contribution < -0.4 is 23.5 Å². The molecule has 0 fully saturated rings. The van der Waals surface area contributed by atoms with Crippen LogP contribution in [0.15, 0.2) is 108 Å². The number of allylic oxidation sites excluding steroid dienone is 9. The first-order valence-electron chi connectivity index (χ1n) is 13.9. The number of hydrogen-bond acceptors (Lipinski definition) is 6. The van der Waals surface area contributed by atoms with Gasteiger partial charge in [0.15, 0.2) is 5.71 Å². The maximum absolute atomic E-state index is 8.49. The van der Waals surface area contributed by atoms with Gasteiger partial charge < -0.3 is 9.64 Å². The van der Waals surface area contributed by atoms with Crippen LogP contribution in [-0.4, -0.2) is 31.5 Å². The molecule has 5 rings (SSSR count). The van der Waals surface area contributed by atoms with Crippen LogP contribution in [0.1, 0.15) is 51.7 Å². The molecule has 42 heavy (non-hydrogen) atoms. The maximum Gasteiger partial charge on any atom is 0.209 e. The molecule has 3 aliphatic rings. The number of likely N-dealkylation sites (N-methyl/N-ethyl adjacent to an activating group) is 1. The van der Waals surface area contributed by atoms with Gasteiger partial charge in [0.1, 0.15) is 12.8 Å². The van der Waals surface area contributed by atoms with Crippen molar-refractivity contribution >= 4 is 17.1 Å². The monoisotopic (exact) mass is 590 g/mol. The highest BCUT2D eigenvalue weighted by atomic mass is 35.7. The van der Waals surface area contributed by atoms with Crippen molar-refractivity contribution in [3.8, 4) is 0 Å². The predicted octanol–water partition coefficient (Wildman–Crippen LogP) is 2.98. The number of ether oxygens (including phenoxy) is 1. The highest BCUT2D eigenvalue weighted by molar-refractivity contribution is 6.03. The molecule has 0 atom stereocenters. The Labute approximate surface area is 251 Å². The Morgan fingerprint density at radius 1 is 0.833 bits per heavy atom. The molecule has 0 saturated carbocycles. The fourth-order valence-corrected chi connectivity index (χ4v) is 6.38. The van der Waals surface area contributed by atoms with Gasteiger partial charge in [-0.3, -0.25) is 0 Å². The van der Waals surface area contributed by atoms with Crippen molar-refractivity contribution in [1.29, 1.82) is 0 Å². The molecule has 7 nitrogen and oxygen atoms in total. The van der Waals surface area contributed by atoms with Gasteiger partial charge in [0, 0.05) is 41.6 Å². The molecule has 0 N–H and O–H groups in total. The largest absolute Gasteiger partial charge is 0.496 e. The molecule has 0 radical (unpaired) electrons. The highest BCUT2D eigenvalue weighted by Gasteiger charge is 2.42. The normalized spacial score (nSPS) is 21.1. The van der Waals surface area contributed by atoms with Crippen LogP contribution in [0.4, 0.5) is 11.4 Å². The third kappa shape index (κ3) is 6.31. The smallest absolute Gasteiger partial charge is 0.209 e. The molecule has 2 aliphatic heterocycles. The summed E-state index contributed by atoms with van der Waals surface area (Å²) in [6, 6.07) is 17.4. The topological polar surface area (TPSA) is 108 Å². The van der Waals surface area contributed by atoms with Crippen molar-refractivity contribution in [2.45, 2.75) is 51.4 Å². The van der Waals surface area contributed by atoms with E-state index < -0.39 is 10.2 Å². The zero-order valence-corrected chi connectivity index (χ0v) is 26.1. The van der Waals surface area contributed by atoms with Gasteiger partial charge in [-0.25, -0.2) is 18.6 Å². The second kappa shape index (κ2) is 12.0. The zero-order chi connectivity index (χ0) is 30.9. The molecular formula is C34H39ClN2O5. The fraction of sp³-hybridized carbons (Fsp3) is 0.324. The maximum atomic E-state index is 8.49. The van der Waals surface area contributed by atoms with Crippen LogP contribution in [0.3, 0.4) is 0 Å². The molecule has 0 bridgehead atoms. The molecule has 222 valence electrons. The number of rotatable bonds is 5. The minimum absolute atomic E-state index is 0.00968. The summed E-state index contributed by atoms with van der Waals surface area (Å²) in [6.07, 6.45) is 15.3. The van der Waals surface area contributed by atoms with E-state index in [4.69, 9.17) is 23.4 Å². The average Bonchev–Trinajstić information content (AvgIpc) is 3.47. The van der Waals surface area contributed by atoms with Crippen LogP contribution in [0, 0.1) is 10.2 Å². The third-order valence-corrected chi connectivity index (χ3v) is 8.44. The van der Waals surface area contributed by atoms with E-state index in [0.717, 1.165) is 18.6 Å².